The Morgan fingerprint density at radius 2 is 1.89 bits per heavy atom. The van der Waals surface area contributed by atoms with Gasteiger partial charge in [0.25, 0.3) is 0 Å². The van der Waals surface area contributed by atoms with Gasteiger partial charge in [0.05, 0.1) is 10.7 Å². The SMILES string of the molecule is CN=C(NCCC(=O)Nc1ccc(C)cc1Cl)NCCc1ccc(Cl)nc1.I. The predicted octanol–water partition coefficient (Wildman–Crippen LogP) is 4.05. The number of nitrogens with one attached hydrogen (secondary N) is 3. The third-order valence-corrected chi connectivity index (χ3v) is 4.30. The fourth-order valence-corrected chi connectivity index (χ4v) is 2.72. The molecule has 0 unspecified atom stereocenters. The number of carbonyl (C=O) groups excluding carboxylic acids is 1. The van der Waals surface area contributed by atoms with Gasteiger partial charge in [-0.15, -0.1) is 24.0 Å². The highest BCUT2D eigenvalue weighted by Gasteiger charge is 2.06. The number of amides is 1. The van der Waals surface area contributed by atoms with Crippen LogP contribution in [0.2, 0.25) is 10.2 Å². The van der Waals surface area contributed by atoms with E-state index in [4.69, 9.17) is 23.2 Å². The largest absolute Gasteiger partial charge is 0.356 e. The highest BCUT2D eigenvalue weighted by molar-refractivity contribution is 14.0. The molecule has 1 aromatic carbocycles. The molecule has 0 spiro atoms. The Balaban J connectivity index is 0.00000392. The number of pyridine rings is 1. The van der Waals surface area contributed by atoms with Crippen molar-refractivity contribution in [1.29, 1.82) is 0 Å². The van der Waals surface area contributed by atoms with Crippen molar-refractivity contribution in [2.45, 2.75) is 19.8 Å². The van der Waals surface area contributed by atoms with E-state index in [0.717, 1.165) is 17.5 Å². The summed E-state index contributed by atoms with van der Waals surface area (Å²) in [5.41, 5.74) is 2.74. The van der Waals surface area contributed by atoms with Gasteiger partial charge in [0, 0.05) is 32.8 Å². The zero-order valence-electron chi connectivity index (χ0n) is 15.8. The van der Waals surface area contributed by atoms with Gasteiger partial charge in [-0.1, -0.05) is 35.3 Å². The molecule has 0 saturated carbocycles. The van der Waals surface area contributed by atoms with E-state index in [9.17, 15) is 4.79 Å². The van der Waals surface area contributed by atoms with Crippen molar-refractivity contribution in [3.8, 4) is 0 Å². The van der Waals surface area contributed by atoms with E-state index in [2.05, 4.69) is 25.9 Å². The number of carbonyl (C=O) groups is 1. The molecule has 0 fully saturated rings. The van der Waals surface area contributed by atoms with Gasteiger partial charge >= 0.3 is 0 Å². The zero-order chi connectivity index (χ0) is 19.6. The van der Waals surface area contributed by atoms with Crippen LogP contribution in [-0.2, 0) is 11.2 Å². The first kappa shape index (κ1) is 24.5. The molecule has 0 aliphatic heterocycles. The first-order valence-electron chi connectivity index (χ1n) is 8.59. The molecule has 0 bridgehead atoms. The maximum Gasteiger partial charge on any atom is 0.226 e. The molecule has 1 heterocycles. The van der Waals surface area contributed by atoms with Crippen LogP contribution in [0.25, 0.3) is 0 Å². The molecule has 1 aromatic heterocycles. The molecule has 0 radical (unpaired) electrons. The van der Waals surface area contributed by atoms with Gasteiger partial charge in [0.15, 0.2) is 5.96 Å². The molecule has 1 amide bonds. The Morgan fingerprint density at radius 1 is 1.14 bits per heavy atom. The maximum atomic E-state index is 12.1. The molecule has 152 valence electrons. The van der Waals surface area contributed by atoms with E-state index in [1.54, 1.807) is 25.4 Å². The molecule has 6 nitrogen and oxygen atoms in total. The smallest absolute Gasteiger partial charge is 0.226 e. The molecular weight excluding hydrogens is 512 g/mol. The van der Waals surface area contributed by atoms with E-state index >= 15 is 0 Å². The lowest BCUT2D eigenvalue weighted by atomic mass is 10.2. The number of nitrogens with zero attached hydrogens (tertiary/aromatic N) is 2. The predicted molar refractivity (Wildman–Crippen MR) is 127 cm³/mol. The summed E-state index contributed by atoms with van der Waals surface area (Å²) in [6.45, 7) is 3.09. The van der Waals surface area contributed by atoms with Gasteiger partial charge in [0.2, 0.25) is 5.91 Å². The van der Waals surface area contributed by atoms with E-state index < -0.39 is 0 Å². The number of aromatic nitrogens is 1. The van der Waals surface area contributed by atoms with Gasteiger partial charge in [-0.05, 0) is 42.7 Å². The first-order chi connectivity index (χ1) is 13.0. The summed E-state index contributed by atoms with van der Waals surface area (Å²) >= 11 is 11.9. The molecule has 0 aliphatic carbocycles. The highest BCUT2D eigenvalue weighted by Crippen LogP contribution is 2.22. The number of anilines is 1. The summed E-state index contributed by atoms with van der Waals surface area (Å²) in [4.78, 5) is 20.3. The molecule has 0 saturated heterocycles. The van der Waals surface area contributed by atoms with Crippen LogP contribution in [0.3, 0.4) is 0 Å². The minimum atomic E-state index is -0.115. The Bertz CT molecular complexity index is 799. The fourth-order valence-electron chi connectivity index (χ4n) is 2.33. The minimum absolute atomic E-state index is 0. The highest BCUT2D eigenvalue weighted by atomic mass is 127. The van der Waals surface area contributed by atoms with Crippen molar-refractivity contribution in [2.75, 3.05) is 25.5 Å². The Kier molecular flexibility index (Phi) is 11.2. The van der Waals surface area contributed by atoms with Gasteiger partial charge in [0.1, 0.15) is 5.15 Å². The Morgan fingerprint density at radius 3 is 2.54 bits per heavy atom. The Hall–Kier alpha value is -1.58. The summed E-state index contributed by atoms with van der Waals surface area (Å²) in [6, 6.07) is 9.23. The second-order valence-corrected chi connectivity index (χ2v) is 6.74. The monoisotopic (exact) mass is 535 g/mol. The summed E-state index contributed by atoms with van der Waals surface area (Å²) in [5.74, 6) is 0.522. The number of halogens is 3. The van der Waals surface area contributed by atoms with Crippen LogP contribution in [0, 0.1) is 6.92 Å². The number of hydrogen-bond donors (Lipinski definition) is 3. The van der Waals surface area contributed by atoms with Crippen molar-refractivity contribution in [1.82, 2.24) is 15.6 Å². The number of guanidine groups is 1. The van der Waals surface area contributed by atoms with Crippen molar-refractivity contribution in [2.24, 2.45) is 4.99 Å². The van der Waals surface area contributed by atoms with Crippen molar-refractivity contribution >= 4 is 64.7 Å². The minimum Gasteiger partial charge on any atom is -0.356 e. The van der Waals surface area contributed by atoms with E-state index in [-0.39, 0.29) is 29.9 Å². The van der Waals surface area contributed by atoms with Crippen LogP contribution >= 0.6 is 47.2 Å². The lowest BCUT2D eigenvalue weighted by molar-refractivity contribution is -0.116. The van der Waals surface area contributed by atoms with Crippen molar-refractivity contribution in [3.05, 3.63) is 57.8 Å². The van der Waals surface area contributed by atoms with E-state index in [1.165, 1.54) is 0 Å². The van der Waals surface area contributed by atoms with Crippen molar-refractivity contribution in [3.63, 3.8) is 0 Å². The van der Waals surface area contributed by atoms with Crippen LogP contribution in [0.1, 0.15) is 17.5 Å². The quantitative estimate of drug-likeness (QED) is 0.216. The van der Waals surface area contributed by atoms with Gasteiger partial charge in [-0.3, -0.25) is 9.79 Å². The summed E-state index contributed by atoms with van der Waals surface area (Å²) in [6.07, 6.45) is 2.84. The molecular formula is C19H24Cl2IN5O. The number of aliphatic imine (C=N–C) groups is 1. The number of hydrogen-bond acceptors (Lipinski definition) is 3. The Labute approximate surface area is 192 Å². The molecule has 2 aromatic rings. The van der Waals surface area contributed by atoms with Crippen LogP contribution < -0.4 is 16.0 Å². The van der Waals surface area contributed by atoms with Crippen LogP contribution in [0.4, 0.5) is 5.69 Å². The zero-order valence-corrected chi connectivity index (χ0v) is 19.6. The average molecular weight is 536 g/mol. The van der Waals surface area contributed by atoms with Crippen LogP contribution in [0.5, 0.6) is 0 Å². The number of aryl methyl sites for hydroxylation is 1. The van der Waals surface area contributed by atoms with Crippen LogP contribution in [-0.4, -0.2) is 37.0 Å². The molecule has 0 aliphatic rings. The average Bonchev–Trinajstić information content (AvgIpc) is 2.64. The molecule has 9 heteroatoms. The molecule has 28 heavy (non-hydrogen) atoms. The number of rotatable bonds is 7. The summed E-state index contributed by atoms with van der Waals surface area (Å²) in [7, 11) is 1.69. The molecule has 2 rings (SSSR count). The summed E-state index contributed by atoms with van der Waals surface area (Å²) in [5, 5.41) is 10.1. The first-order valence-corrected chi connectivity index (χ1v) is 9.34. The third-order valence-electron chi connectivity index (χ3n) is 3.76. The molecule has 0 atom stereocenters. The molecule has 3 N–H and O–H groups in total. The second kappa shape index (κ2) is 12.8. The van der Waals surface area contributed by atoms with E-state index in [0.29, 0.717) is 41.3 Å². The summed E-state index contributed by atoms with van der Waals surface area (Å²) < 4.78 is 0. The third kappa shape index (κ3) is 8.62. The lowest BCUT2D eigenvalue weighted by Gasteiger charge is -2.12. The van der Waals surface area contributed by atoms with Gasteiger partial charge < -0.3 is 16.0 Å². The maximum absolute atomic E-state index is 12.1. The topological polar surface area (TPSA) is 78.4 Å². The van der Waals surface area contributed by atoms with Gasteiger partial charge in [-0.2, -0.15) is 0 Å². The second-order valence-electron chi connectivity index (χ2n) is 5.95. The van der Waals surface area contributed by atoms with Gasteiger partial charge in [-0.25, -0.2) is 4.98 Å². The standard InChI is InChI=1S/C19H23Cl2N5O.HI/c1-13-3-5-16(15(20)11-13)26-18(27)8-10-24-19(22-2)23-9-7-14-4-6-17(21)25-12-14;/h3-6,11-12H,7-10H2,1-2H3,(H,26,27)(H2,22,23,24);1H. The number of benzene rings is 1. The van der Waals surface area contributed by atoms with Crippen LogP contribution in [0.15, 0.2) is 41.5 Å². The van der Waals surface area contributed by atoms with Crippen molar-refractivity contribution < 1.29 is 4.79 Å². The normalized spacial score (nSPS) is 10.8. The fraction of sp³-hybridized carbons (Fsp3) is 0.316. The lowest BCUT2D eigenvalue weighted by Crippen LogP contribution is -2.39. The van der Waals surface area contributed by atoms with E-state index in [1.807, 2.05) is 25.1 Å².